The van der Waals surface area contributed by atoms with Gasteiger partial charge in [0.1, 0.15) is 5.82 Å². The zero-order valence-electron chi connectivity index (χ0n) is 13.3. The average molecular weight is 289 g/mol. The molecule has 116 valence electrons. The highest BCUT2D eigenvalue weighted by Gasteiger charge is 2.23. The molecule has 4 heteroatoms. The number of hydrogen-bond acceptors (Lipinski definition) is 3. The smallest absolute Gasteiger partial charge is 0.257 e. The van der Waals surface area contributed by atoms with Crippen LogP contribution in [-0.4, -0.2) is 35.4 Å². The molecule has 1 amide bonds. The molecule has 1 unspecified atom stereocenters. The van der Waals surface area contributed by atoms with Crippen LogP contribution in [0.25, 0.3) is 0 Å². The van der Waals surface area contributed by atoms with Crippen LogP contribution >= 0.6 is 0 Å². The minimum Gasteiger partial charge on any atom is -0.370 e. The molecule has 1 N–H and O–H groups in total. The van der Waals surface area contributed by atoms with Gasteiger partial charge in [0, 0.05) is 25.8 Å². The lowest BCUT2D eigenvalue weighted by atomic mass is 9.96. The van der Waals surface area contributed by atoms with Gasteiger partial charge in [-0.25, -0.2) is 4.98 Å². The molecule has 4 nitrogen and oxygen atoms in total. The Hall–Kier alpha value is -1.58. The van der Waals surface area contributed by atoms with E-state index in [4.69, 9.17) is 0 Å². The molecule has 21 heavy (non-hydrogen) atoms. The Morgan fingerprint density at radius 1 is 1.38 bits per heavy atom. The van der Waals surface area contributed by atoms with Crippen molar-refractivity contribution in [2.24, 2.45) is 5.92 Å². The zero-order chi connectivity index (χ0) is 15.1. The number of carbonyl (C=O) groups excluding carboxylic acids is 1. The van der Waals surface area contributed by atoms with Crippen LogP contribution in [0.5, 0.6) is 0 Å². The van der Waals surface area contributed by atoms with E-state index in [1.165, 1.54) is 19.3 Å². The first-order valence-corrected chi connectivity index (χ1v) is 8.24. The number of nitrogens with one attached hydrogen (secondary N) is 1. The van der Waals surface area contributed by atoms with Gasteiger partial charge in [0.25, 0.3) is 5.91 Å². The van der Waals surface area contributed by atoms with Crippen molar-refractivity contribution in [2.75, 3.05) is 25.0 Å². The second kappa shape index (κ2) is 8.01. The highest BCUT2D eigenvalue weighted by molar-refractivity contribution is 5.98. The molecule has 0 radical (unpaired) electrons. The summed E-state index contributed by atoms with van der Waals surface area (Å²) in [4.78, 5) is 19.1. The van der Waals surface area contributed by atoms with Crippen LogP contribution in [0.3, 0.4) is 0 Å². The molecule has 0 aliphatic carbocycles. The lowest BCUT2D eigenvalue weighted by Gasteiger charge is -2.22. The van der Waals surface area contributed by atoms with Gasteiger partial charge in [-0.3, -0.25) is 4.79 Å². The lowest BCUT2D eigenvalue weighted by Crippen LogP contribution is -2.32. The highest BCUT2D eigenvalue weighted by atomic mass is 16.2. The summed E-state index contributed by atoms with van der Waals surface area (Å²) in [7, 11) is 0. The number of aromatic nitrogens is 1. The molecule has 0 spiro atoms. The molecule has 1 atom stereocenters. The van der Waals surface area contributed by atoms with Gasteiger partial charge < -0.3 is 10.2 Å². The van der Waals surface area contributed by atoms with E-state index in [1.807, 2.05) is 24.0 Å². The zero-order valence-corrected chi connectivity index (χ0v) is 13.3. The second-order valence-electron chi connectivity index (χ2n) is 5.81. The topological polar surface area (TPSA) is 45.2 Å². The molecule has 2 rings (SSSR count). The maximum Gasteiger partial charge on any atom is 0.257 e. The fourth-order valence-electron chi connectivity index (χ4n) is 3.12. The number of carbonyl (C=O) groups is 1. The number of nitrogens with zero attached hydrogens (tertiary/aromatic N) is 2. The number of amides is 1. The first kappa shape index (κ1) is 15.8. The van der Waals surface area contributed by atoms with Crippen LogP contribution < -0.4 is 5.32 Å². The second-order valence-corrected chi connectivity index (χ2v) is 5.81. The van der Waals surface area contributed by atoms with Gasteiger partial charge in [-0.15, -0.1) is 0 Å². The summed E-state index contributed by atoms with van der Waals surface area (Å²) in [5.74, 6) is 1.62. The van der Waals surface area contributed by atoms with E-state index in [2.05, 4.69) is 17.2 Å². The van der Waals surface area contributed by atoms with Crippen LogP contribution in [0.15, 0.2) is 18.3 Å². The molecule has 1 saturated heterocycles. The third-order valence-corrected chi connectivity index (χ3v) is 4.21. The summed E-state index contributed by atoms with van der Waals surface area (Å²) in [6.45, 7) is 6.79. The van der Waals surface area contributed by atoms with Crippen molar-refractivity contribution in [1.82, 2.24) is 9.88 Å². The average Bonchev–Trinajstić information content (AvgIpc) is 2.74. The summed E-state index contributed by atoms with van der Waals surface area (Å²) >= 11 is 0. The number of pyridine rings is 1. The van der Waals surface area contributed by atoms with E-state index in [-0.39, 0.29) is 5.91 Å². The Labute approximate surface area is 127 Å². The predicted molar refractivity (Wildman–Crippen MR) is 86.6 cm³/mol. The molecule has 1 aromatic heterocycles. The fraction of sp³-hybridized carbons (Fsp3) is 0.647. The van der Waals surface area contributed by atoms with Gasteiger partial charge in [0.05, 0.1) is 5.56 Å². The van der Waals surface area contributed by atoms with E-state index in [0.717, 1.165) is 38.4 Å². The maximum absolute atomic E-state index is 12.8. The standard InChI is InChI=1S/C17H27N3O/c1-3-7-14-8-6-12-20(13-10-14)17(21)15-9-5-11-19-16(15)18-4-2/h5,9,11,14H,3-4,6-8,10,12-13H2,1-2H3,(H,18,19). The SMILES string of the molecule is CCCC1CCCN(C(=O)c2cccnc2NCC)CC1. The first-order valence-electron chi connectivity index (χ1n) is 8.24. The third kappa shape index (κ3) is 4.19. The summed E-state index contributed by atoms with van der Waals surface area (Å²) in [5, 5.41) is 3.18. The maximum atomic E-state index is 12.8. The third-order valence-electron chi connectivity index (χ3n) is 4.21. The molecule has 0 saturated carbocycles. The first-order chi connectivity index (χ1) is 10.3. The Kier molecular flexibility index (Phi) is 6.03. The van der Waals surface area contributed by atoms with Crippen molar-refractivity contribution in [2.45, 2.75) is 46.0 Å². The van der Waals surface area contributed by atoms with E-state index < -0.39 is 0 Å². The fourth-order valence-corrected chi connectivity index (χ4v) is 3.12. The number of anilines is 1. The van der Waals surface area contributed by atoms with Crippen LogP contribution in [0.4, 0.5) is 5.82 Å². The van der Waals surface area contributed by atoms with Gasteiger partial charge in [0.2, 0.25) is 0 Å². The molecule has 1 aliphatic rings. The Balaban J connectivity index is 2.06. The van der Waals surface area contributed by atoms with Gasteiger partial charge in [-0.1, -0.05) is 19.8 Å². The van der Waals surface area contributed by atoms with Gasteiger partial charge in [-0.05, 0) is 44.2 Å². The number of hydrogen-bond donors (Lipinski definition) is 1. The van der Waals surface area contributed by atoms with Crippen LogP contribution in [0.2, 0.25) is 0 Å². The molecule has 1 fully saturated rings. The lowest BCUT2D eigenvalue weighted by molar-refractivity contribution is 0.0760. The minimum absolute atomic E-state index is 0.121. The largest absolute Gasteiger partial charge is 0.370 e. The van der Waals surface area contributed by atoms with Crippen molar-refractivity contribution in [1.29, 1.82) is 0 Å². The summed E-state index contributed by atoms with van der Waals surface area (Å²) in [5.41, 5.74) is 0.702. The van der Waals surface area contributed by atoms with Crippen LogP contribution in [-0.2, 0) is 0 Å². The van der Waals surface area contributed by atoms with Gasteiger partial charge >= 0.3 is 0 Å². The van der Waals surface area contributed by atoms with Crippen molar-refractivity contribution in [3.63, 3.8) is 0 Å². The van der Waals surface area contributed by atoms with Crippen molar-refractivity contribution >= 4 is 11.7 Å². The van der Waals surface area contributed by atoms with Crippen LogP contribution in [0.1, 0.15) is 56.3 Å². The van der Waals surface area contributed by atoms with Crippen molar-refractivity contribution in [3.05, 3.63) is 23.9 Å². The molecule has 0 aromatic carbocycles. The summed E-state index contributed by atoms with van der Waals surface area (Å²) in [6.07, 6.45) is 7.77. The monoisotopic (exact) mass is 289 g/mol. The Morgan fingerprint density at radius 2 is 2.24 bits per heavy atom. The highest BCUT2D eigenvalue weighted by Crippen LogP contribution is 2.24. The van der Waals surface area contributed by atoms with E-state index in [0.29, 0.717) is 11.4 Å². The molecule has 1 aliphatic heterocycles. The van der Waals surface area contributed by atoms with Gasteiger partial charge in [0.15, 0.2) is 0 Å². The van der Waals surface area contributed by atoms with Gasteiger partial charge in [-0.2, -0.15) is 0 Å². The summed E-state index contributed by atoms with van der Waals surface area (Å²) in [6, 6.07) is 3.72. The Morgan fingerprint density at radius 3 is 3.00 bits per heavy atom. The predicted octanol–water partition coefficient (Wildman–Crippen LogP) is 3.56. The summed E-state index contributed by atoms with van der Waals surface area (Å²) < 4.78 is 0. The van der Waals surface area contributed by atoms with Crippen molar-refractivity contribution in [3.8, 4) is 0 Å². The number of rotatable bonds is 5. The van der Waals surface area contributed by atoms with E-state index in [1.54, 1.807) is 6.20 Å². The van der Waals surface area contributed by atoms with Crippen molar-refractivity contribution < 1.29 is 4.79 Å². The van der Waals surface area contributed by atoms with Crippen LogP contribution in [0, 0.1) is 5.92 Å². The molecular formula is C17H27N3O. The Bertz CT molecular complexity index is 461. The molecule has 1 aromatic rings. The minimum atomic E-state index is 0.121. The quantitative estimate of drug-likeness (QED) is 0.901. The molecule has 2 heterocycles. The van der Waals surface area contributed by atoms with E-state index >= 15 is 0 Å². The molecular weight excluding hydrogens is 262 g/mol. The molecule has 0 bridgehead atoms. The normalized spacial score (nSPS) is 19.1. The van der Waals surface area contributed by atoms with E-state index in [9.17, 15) is 4.79 Å². The number of likely N-dealkylation sites (tertiary alicyclic amines) is 1.